The van der Waals surface area contributed by atoms with Gasteiger partial charge in [0, 0.05) is 57.6 Å². The fourth-order valence-electron chi connectivity index (χ4n) is 5.25. The summed E-state index contributed by atoms with van der Waals surface area (Å²) >= 11 is 0. The van der Waals surface area contributed by atoms with Crippen LogP contribution in [0.2, 0.25) is 0 Å². The molecule has 2 aliphatic rings. The Balaban J connectivity index is 0.00000420. The summed E-state index contributed by atoms with van der Waals surface area (Å²) in [4.78, 5) is 42.6. The molecule has 2 heterocycles. The molecule has 0 saturated carbocycles. The fraction of sp³-hybridized carbons (Fsp3) is 0.483. The first-order valence-electron chi connectivity index (χ1n) is 13.6. The maximum atomic E-state index is 13.5. The molecule has 2 N–H and O–H groups in total. The maximum absolute atomic E-state index is 13.5. The summed E-state index contributed by atoms with van der Waals surface area (Å²) in [5.74, 6) is -0.0809. The number of benzene rings is 2. The minimum Gasteiger partial charge on any atom is -0.353 e. The van der Waals surface area contributed by atoms with Crippen LogP contribution in [0.1, 0.15) is 42.5 Å². The number of hydrogen-bond donors (Lipinski definition) is 2. The van der Waals surface area contributed by atoms with Gasteiger partial charge in [0.2, 0.25) is 11.8 Å². The lowest BCUT2D eigenvalue weighted by Gasteiger charge is -2.34. The number of hydrazine groups is 1. The van der Waals surface area contributed by atoms with Crippen LogP contribution in [-0.2, 0) is 33.9 Å². The van der Waals surface area contributed by atoms with E-state index in [2.05, 4.69) is 28.8 Å². The van der Waals surface area contributed by atoms with Gasteiger partial charge in [-0.05, 0) is 61.2 Å². The van der Waals surface area contributed by atoms with Crippen molar-refractivity contribution in [2.24, 2.45) is 0 Å². The van der Waals surface area contributed by atoms with Gasteiger partial charge >= 0.3 is 0 Å². The highest BCUT2D eigenvalue weighted by Gasteiger charge is 2.29. The third kappa shape index (κ3) is 7.09. The van der Waals surface area contributed by atoms with Gasteiger partial charge in [-0.1, -0.05) is 31.2 Å². The van der Waals surface area contributed by atoms with Gasteiger partial charge in [-0.3, -0.25) is 19.4 Å². The smallest absolute Gasteiger partial charge is 0.256 e. The SMILES string of the molecule is CCNCCNC(=O)CN(CC(=O)N(C)N1Cc2ccccc2C1)c1cc2c(cc1C)N(CC)C(=O)CC2.Cl. The maximum Gasteiger partial charge on any atom is 0.256 e. The second-order valence-corrected chi connectivity index (χ2v) is 9.97. The Hall–Kier alpha value is -3.14. The highest BCUT2D eigenvalue weighted by molar-refractivity contribution is 5.97. The van der Waals surface area contributed by atoms with E-state index in [-0.39, 0.29) is 43.2 Å². The van der Waals surface area contributed by atoms with Crippen molar-refractivity contribution in [2.75, 3.05) is 56.1 Å². The molecule has 0 radical (unpaired) electrons. The van der Waals surface area contributed by atoms with E-state index in [0.717, 1.165) is 29.0 Å². The lowest BCUT2D eigenvalue weighted by molar-refractivity contribution is -0.145. The van der Waals surface area contributed by atoms with Gasteiger partial charge in [0.25, 0.3) is 5.91 Å². The predicted molar refractivity (Wildman–Crippen MR) is 157 cm³/mol. The fourth-order valence-corrected chi connectivity index (χ4v) is 5.25. The van der Waals surface area contributed by atoms with Crippen molar-refractivity contribution in [2.45, 2.75) is 46.7 Å². The molecule has 0 unspecified atom stereocenters. The second-order valence-electron chi connectivity index (χ2n) is 9.97. The van der Waals surface area contributed by atoms with Crippen LogP contribution in [0.5, 0.6) is 0 Å². The first-order valence-corrected chi connectivity index (χ1v) is 13.6. The largest absolute Gasteiger partial charge is 0.353 e. The van der Waals surface area contributed by atoms with Crippen LogP contribution in [0.25, 0.3) is 0 Å². The van der Waals surface area contributed by atoms with Gasteiger partial charge in [0.05, 0.1) is 13.1 Å². The summed E-state index contributed by atoms with van der Waals surface area (Å²) in [6.45, 7) is 10.2. The van der Waals surface area contributed by atoms with Crippen LogP contribution in [0.4, 0.5) is 11.4 Å². The molecular weight excluding hydrogens is 516 g/mol. The Labute approximate surface area is 237 Å². The summed E-state index contributed by atoms with van der Waals surface area (Å²) in [5, 5.41) is 9.88. The lowest BCUT2D eigenvalue weighted by Crippen LogP contribution is -2.48. The second kappa shape index (κ2) is 13.8. The first-order chi connectivity index (χ1) is 18.3. The van der Waals surface area contributed by atoms with Crippen molar-refractivity contribution in [3.05, 3.63) is 58.7 Å². The van der Waals surface area contributed by atoms with E-state index < -0.39 is 0 Å². The third-order valence-corrected chi connectivity index (χ3v) is 7.40. The Morgan fingerprint density at radius 1 is 0.974 bits per heavy atom. The van der Waals surface area contributed by atoms with Gasteiger partial charge < -0.3 is 20.4 Å². The minimum atomic E-state index is -0.130. The molecule has 0 fully saturated rings. The van der Waals surface area contributed by atoms with Crippen LogP contribution < -0.4 is 20.4 Å². The van der Waals surface area contributed by atoms with Crippen LogP contribution in [0.15, 0.2) is 36.4 Å². The molecule has 2 aliphatic heterocycles. The molecule has 2 aromatic carbocycles. The van der Waals surface area contributed by atoms with E-state index in [1.807, 2.05) is 53.8 Å². The summed E-state index contributed by atoms with van der Waals surface area (Å²) < 4.78 is 0. The number of fused-ring (bicyclic) bond motifs is 2. The number of hydrogen-bond acceptors (Lipinski definition) is 6. The van der Waals surface area contributed by atoms with E-state index in [0.29, 0.717) is 45.6 Å². The van der Waals surface area contributed by atoms with E-state index in [1.54, 1.807) is 12.1 Å². The summed E-state index contributed by atoms with van der Waals surface area (Å²) in [7, 11) is 1.80. The number of nitrogens with one attached hydrogen (secondary N) is 2. The highest BCUT2D eigenvalue weighted by atomic mass is 35.5. The Bertz CT molecular complexity index is 1160. The third-order valence-electron chi connectivity index (χ3n) is 7.40. The Morgan fingerprint density at radius 3 is 2.31 bits per heavy atom. The van der Waals surface area contributed by atoms with Gasteiger partial charge in [-0.25, -0.2) is 5.01 Å². The van der Waals surface area contributed by atoms with Crippen molar-refractivity contribution in [3.63, 3.8) is 0 Å². The zero-order valence-corrected chi connectivity index (χ0v) is 24.3. The molecule has 0 bridgehead atoms. The normalized spacial score (nSPS) is 14.4. The molecular formula is C29H41ClN6O3. The summed E-state index contributed by atoms with van der Waals surface area (Å²) in [5.41, 5.74) is 6.23. The predicted octanol–water partition coefficient (Wildman–Crippen LogP) is 2.64. The van der Waals surface area contributed by atoms with Crippen molar-refractivity contribution in [1.82, 2.24) is 20.7 Å². The number of aryl methyl sites for hydroxylation is 2. The Morgan fingerprint density at radius 2 is 1.67 bits per heavy atom. The molecule has 39 heavy (non-hydrogen) atoms. The number of halogens is 1. The van der Waals surface area contributed by atoms with Crippen LogP contribution in [0.3, 0.4) is 0 Å². The number of amides is 3. The van der Waals surface area contributed by atoms with Crippen LogP contribution in [0, 0.1) is 6.92 Å². The zero-order chi connectivity index (χ0) is 27.2. The highest BCUT2D eigenvalue weighted by Crippen LogP contribution is 2.34. The number of carbonyl (C=O) groups is 3. The monoisotopic (exact) mass is 556 g/mol. The van der Waals surface area contributed by atoms with Gasteiger partial charge in [-0.2, -0.15) is 0 Å². The van der Waals surface area contributed by atoms with E-state index in [1.165, 1.54) is 11.1 Å². The molecule has 10 heteroatoms. The van der Waals surface area contributed by atoms with Crippen LogP contribution >= 0.6 is 12.4 Å². The van der Waals surface area contributed by atoms with E-state index >= 15 is 0 Å². The molecule has 0 spiro atoms. The molecule has 0 saturated heterocycles. The van der Waals surface area contributed by atoms with Gasteiger partial charge in [0.15, 0.2) is 0 Å². The van der Waals surface area contributed by atoms with Gasteiger partial charge in [-0.15, -0.1) is 12.4 Å². The standard InChI is InChI=1S/C29H40N6O3.ClH/c1-5-30-13-14-31-27(36)19-33(20-29(38)32(4)34-17-23-9-7-8-10-24(23)18-34)25-16-22-11-12-28(37)35(6-2)26(22)15-21(25)3;/h7-10,15-16,30H,5-6,11-14,17-20H2,1-4H3,(H,31,36);1H. The number of carbonyl (C=O) groups excluding carboxylic acids is 3. The lowest BCUT2D eigenvalue weighted by atomic mass is 9.97. The first kappa shape index (κ1) is 30.4. The minimum absolute atomic E-state index is 0. The number of likely N-dealkylation sites (N-methyl/N-ethyl adjacent to an activating group) is 2. The van der Waals surface area contributed by atoms with E-state index in [4.69, 9.17) is 0 Å². The molecule has 0 aromatic heterocycles. The summed E-state index contributed by atoms with van der Waals surface area (Å²) in [6.07, 6.45) is 1.12. The van der Waals surface area contributed by atoms with Crippen molar-refractivity contribution < 1.29 is 14.4 Å². The molecule has 3 amide bonds. The molecule has 4 rings (SSSR count). The van der Waals surface area contributed by atoms with Crippen molar-refractivity contribution >= 4 is 41.5 Å². The Kier molecular flexibility index (Phi) is 10.7. The molecule has 0 aliphatic carbocycles. The number of rotatable bonds is 11. The summed E-state index contributed by atoms with van der Waals surface area (Å²) in [6, 6.07) is 12.3. The van der Waals surface area contributed by atoms with Crippen LogP contribution in [-0.4, -0.2) is 74.1 Å². The van der Waals surface area contributed by atoms with Gasteiger partial charge in [0.1, 0.15) is 0 Å². The average Bonchev–Trinajstić information content (AvgIpc) is 3.34. The average molecular weight is 557 g/mol. The quantitative estimate of drug-likeness (QED) is 0.414. The number of anilines is 2. The molecule has 0 atom stereocenters. The molecule has 9 nitrogen and oxygen atoms in total. The van der Waals surface area contributed by atoms with E-state index in [9.17, 15) is 14.4 Å². The van der Waals surface area contributed by atoms with Crippen molar-refractivity contribution in [1.29, 1.82) is 0 Å². The van der Waals surface area contributed by atoms with Crippen molar-refractivity contribution in [3.8, 4) is 0 Å². The topological polar surface area (TPSA) is 88.2 Å². The molecule has 2 aromatic rings. The molecule has 212 valence electrons. The number of nitrogens with zero attached hydrogens (tertiary/aromatic N) is 4. The zero-order valence-electron chi connectivity index (χ0n) is 23.5.